The van der Waals surface area contributed by atoms with Gasteiger partial charge in [-0.05, 0) is 24.3 Å². The maximum Gasteiger partial charge on any atom is 0.387 e. The summed E-state index contributed by atoms with van der Waals surface area (Å²) in [7, 11) is 3.06. The van der Waals surface area contributed by atoms with Crippen LogP contribution in [0.1, 0.15) is 11.1 Å². The van der Waals surface area contributed by atoms with Crippen molar-refractivity contribution in [3.63, 3.8) is 0 Å². The highest BCUT2D eigenvalue weighted by molar-refractivity contribution is 6.13. The van der Waals surface area contributed by atoms with Crippen molar-refractivity contribution in [1.29, 1.82) is 0 Å². The summed E-state index contributed by atoms with van der Waals surface area (Å²) in [4.78, 5) is 16.1. The van der Waals surface area contributed by atoms with Crippen molar-refractivity contribution in [3.05, 3.63) is 47.4 Å². The number of aryl methyl sites for hydroxylation is 1. The van der Waals surface area contributed by atoms with Crippen LogP contribution < -0.4 is 9.47 Å². The molecule has 0 saturated heterocycles. The first-order chi connectivity index (χ1) is 12.0. The summed E-state index contributed by atoms with van der Waals surface area (Å²) in [5, 5.41) is 4.00. The number of benzene rings is 1. The molecule has 1 aliphatic heterocycles. The van der Waals surface area contributed by atoms with E-state index in [1.807, 2.05) is 0 Å². The maximum absolute atomic E-state index is 12.4. The smallest absolute Gasteiger partial charge is 0.387 e. The number of esters is 1. The fourth-order valence-electron chi connectivity index (χ4n) is 2.20. The van der Waals surface area contributed by atoms with E-state index in [9.17, 15) is 13.6 Å². The molecule has 1 aromatic carbocycles. The molecule has 2 heterocycles. The van der Waals surface area contributed by atoms with Crippen LogP contribution in [0.3, 0.4) is 0 Å². The highest BCUT2D eigenvalue weighted by atomic mass is 19.3. The molecule has 25 heavy (non-hydrogen) atoms. The molecule has 7 nitrogen and oxygen atoms in total. The Labute approximate surface area is 141 Å². The first-order valence-corrected chi connectivity index (χ1v) is 7.10. The predicted molar refractivity (Wildman–Crippen MR) is 83.4 cm³/mol. The molecule has 0 bridgehead atoms. The molecule has 1 aromatic heterocycles. The summed E-state index contributed by atoms with van der Waals surface area (Å²) >= 11 is 0. The van der Waals surface area contributed by atoms with Gasteiger partial charge in [-0.3, -0.25) is 4.68 Å². The number of nitrogens with zero attached hydrogens (tertiary/aromatic N) is 3. The van der Waals surface area contributed by atoms with Crippen molar-refractivity contribution in [3.8, 4) is 11.5 Å². The van der Waals surface area contributed by atoms with Crippen molar-refractivity contribution >= 4 is 17.9 Å². The molecule has 1 aliphatic rings. The number of aromatic nitrogens is 2. The van der Waals surface area contributed by atoms with Gasteiger partial charge in [0.1, 0.15) is 0 Å². The first-order valence-electron chi connectivity index (χ1n) is 7.10. The van der Waals surface area contributed by atoms with E-state index in [4.69, 9.17) is 9.47 Å². The number of cyclic esters (lactones) is 1. The third-order valence-corrected chi connectivity index (χ3v) is 3.28. The van der Waals surface area contributed by atoms with Crippen molar-refractivity contribution in [1.82, 2.24) is 9.78 Å². The minimum absolute atomic E-state index is 0.0436. The minimum Gasteiger partial charge on any atom is -0.493 e. The van der Waals surface area contributed by atoms with E-state index >= 15 is 0 Å². The number of carbonyl (C=O) groups is 1. The Morgan fingerprint density at radius 3 is 2.76 bits per heavy atom. The topological polar surface area (TPSA) is 74.9 Å². The molecule has 0 amide bonds. The highest BCUT2D eigenvalue weighted by Crippen LogP contribution is 2.31. The Hall–Kier alpha value is -3.23. The first kappa shape index (κ1) is 16.6. The molecule has 0 radical (unpaired) electrons. The van der Waals surface area contributed by atoms with Crippen LogP contribution in [0.5, 0.6) is 11.5 Å². The number of rotatable bonds is 5. The molecule has 2 aromatic rings. The Kier molecular flexibility index (Phi) is 4.46. The predicted octanol–water partition coefficient (Wildman–Crippen LogP) is 2.37. The normalized spacial score (nSPS) is 15.5. The third-order valence-electron chi connectivity index (χ3n) is 3.28. The Morgan fingerprint density at radius 2 is 2.12 bits per heavy atom. The number of halogens is 2. The number of methoxy groups -OCH3 is 1. The lowest BCUT2D eigenvalue weighted by molar-refractivity contribution is -0.129. The average molecular weight is 349 g/mol. The quantitative estimate of drug-likeness (QED) is 0.612. The Bertz CT molecular complexity index is 874. The Balaban J connectivity index is 1.90. The standard InChI is InChI=1S/C16H13F2N3O4/c1-21-8-9(7-19-21)5-11-15(22)25-14(20-11)10-3-4-12(24-16(17)18)13(6-10)23-2/h3-8,16H,1-2H3/b11-5-. The van der Waals surface area contributed by atoms with Crippen LogP contribution in [-0.4, -0.2) is 35.4 Å². The third kappa shape index (κ3) is 3.65. The zero-order valence-corrected chi connectivity index (χ0v) is 13.3. The fourth-order valence-corrected chi connectivity index (χ4v) is 2.20. The van der Waals surface area contributed by atoms with Crippen molar-refractivity contribution in [2.75, 3.05) is 7.11 Å². The molecule has 0 saturated carbocycles. The van der Waals surface area contributed by atoms with Crippen LogP contribution in [0.15, 0.2) is 41.3 Å². The fraction of sp³-hybridized carbons (Fsp3) is 0.188. The second-order valence-corrected chi connectivity index (χ2v) is 5.03. The zero-order valence-electron chi connectivity index (χ0n) is 13.3. The highest BCUT2D eigenvalue weighted by Gasteiger charge is 2.25. The summed E-state index contributed by atoms with van der Waals surface area (Å²) in [5.41, 5.74) is 1.19. The minimum atomic E-state index is -2.98. The van der Waals surface area contributed by atoms with Crippen LogP contribution in [0.4, 0.5) is 8.78 Å². The van der Waals surface area contributed by atoms with Gasteiger partial charge in [0, 0.05) is 24.4 Å². The molecule has 3 rings (SSSR count). The van der Waals surface area contributed by atoms with Crippen LogP contribution in [0.2, 0.25) is 0 Å². The molecular formula is C16H13F2N3O4. The van der Waals surface area contributed by atoms with Gasteiger partial charge in [-0.1, -0.05) is 0 Å². The second kappa shape index (κ2) is 6.71. The summed E-state index contributed by atoms with van der Waals surface area (Å²) < 4.78 is 40.8. The number of ether oxygens (including phenoxy) is 3. The zero-order chi connectivity index (χ0) is 18.0. The van der Waals surface area contributed by atoms with Crippen LogP contribution in [-0.2, 0) is 16.6 Å². The van der Waals surface area contributed by atoms with E-state index in [0.29, 0.717) is 11.1 Å². The van der Waals surface area contributed by atoms with Crippen LogP contribution >= 0.6 is 0 Å². The molecule has 130 valence electrons. The van der Waals surface area contributed by atoms with Gasteiger partial charge < -0.3 is 14.2 Å². The van der Waals surface area contributed by atoms with Gasteiger partial charge in [0.25, 0.3) is 0 Å². The Morgan fingerprint density at radius 1 is 1.32 bits per heavy atom. The lowest BCUT2D eigenvalue weighted by atomic mass is 10.2. The van der Waals surface area contributed by atoms with Crippen LogP contribution in [0, 0.1) is 0 Å². The summed E-state index contributed by atoms with van der Waals surface area (Å²) in [6.07, 6.45) is 4.83. The summed E-state index contributed by atoms with van der Waals surface area (Å²) in [6.45, 7) is -2.98. The number of carbonyl (C=O) groups excluding carboxylic acids is 1. The number of hydrogen-bond acceptors (Lipinski definition) is 6. The average Bonchev–Trinajstić information content (AvgIpc) is 3.14. The monoisotopic (exact) mass is 349 g/mol. The largest absolute Gasteiger partial charge is 0.493 e. The van der Waals surface area contributed by atoms with E-state index in [1.165, 1.54) is 31.4 Å². The van der Waals surface area contributed by atoms with Gasteiger partial charge in [-0.15, -0.1) is 0 Å². The number of aliphatic imine (C=N–C) groups is 1. The number of hydrogen-bond donors (Lipinski definition) is 0. The van der Waals surface area contributed by atoms with Gasteiger partial charge >= 0.3 is 12.6 Å². The molecule has 0 unspecified atom stereocenters. The van der Waals surface area contributed by atoms with E-state index in [0.717, 1.165) is 0 Å². The van der Waals surface area contributed by atoms with E-state index in [2.05, 4.69) is 14.8 Å². The lowest BCUT2D eigenvalue weighted by Gasteiger charge is -2.10. The lowest BCUT2D eigenvalue weighted by Crippen LogP contribution is -2.07. The SMILES string of the molecule is COc1cc(C2=N/C(=C\c3cnn(C)c3)C(=O)O2)ccc1OC(F)F. The molecular weight excluding hydrogens is 336 g/mol. The van der Waals surface area contributed by atoms with Gasteiger partial charge in [0.05, 0.1) is 13.3 Å². The van der Waals surface area contributed by atoms with E-state index < -0.39 is 12.6 Å². The van der Waals surface area contributed by atoms with Gasteiger partial charge in [0.15, 0.2) is 17.2 Å². The van der Waals surface area contributed by atoms with E-state index in [-0.39, 0.29) is 23.1 Å². The maximum atomic E-state index is 12.4. The van der Waals surface area contributed by atoms with Crippen molar-refractivity contribution in [2.45, 2.75) is 6.61 Å². The van der Waals surface area contributed by atoms with Crippen molar-refractivity contribution < 1.29 is 27.8 Å². The number of alkyl halides is 2. The summed E-state index contributed by atoms with van der Waals surface area (Å²) in [5.74, 6) is -0.633. The molecule has 0 aliphatic carbocycles. The molecule has 9 heteroatoms. The van der Waals surface area contributed by atoms with Gasteiger partial charge in [-0.25, -0.2) is 9.79 Å². The molecule has 0 fully saturated rings. The molecule has 0 atom stereocenters. The van der Waals surface area contributed by atoms with E-state index in [1.54, 1.807) is 24.1 Å². The van der Waals surface area contributed by atoms with Crippen LogP contribution in [0.25, 0.3) is 6.08 Å². The van der Waals surface area contributed by atoms with Gasteiger partial charge in [0.2, 0.25) is 5.90 Å². The van der Waals surface area contributed by atoms with Crippen molar-refractivity contribution in [2.24, 2.45) is 12.0 Å². The molecule has 0 spiro atoms. The molecule has 0 N–H and O–H groups in total. The second-order valence-electron chi connectivity index (χ2n) is 5.03. The van der Waals surface area contributed by atoms with Gasteiger partial charge in [-0.2, -0.15) is 13.9 Å². The summed E-state index contributed by atoms with van der Waals surface area (Å²) in [6, 6.07) is 4.13.